The number of para-hydroxylation sites is 1. The third-order valence-electron chi connectivity index (χ3n) is 2.00. The molecular weight excluding hydrogens is 208 g/mol. The largest absolute Gasteiger partial charge is 0.496 e. The molecule has 0 unspecified atom stereocenters. The van der Waals surface area contributed by atoms with Crippen molar-refractivity contribution in [3.63, 3.8) is 0 Å². The second-order valence-corrected chi connectivity index (χ2v) is 3.23. The maximum atomic E-state index is 11.4. The first-order valence-corrected chi connectivity index (χ1v) is 4.80. The van der Waals surface area contributed by atoms with Gasteiger partial charge in [0, 0.05) is 5.56 Å². The van der Waals surface area contributed by atoms with Crippen LogP contribution < -0.4 is 15.8 Å². The number of nitrogens with one attached hydrogen (secondary N) is 1. The van der Waals surface area contributed by atoms with Crippen molar-refractivity contribution in [1.29, 1.82) is 0 Å². The van der Waals surface area contributed by atoms with Gasteiger partial charge < -0.3 is 15.8 Å². The molecule has 3 N–H and O–H groups in total. The first-order valence-electron chi connectivity index (χ1n) is 4.80. The van der Waals surface area contributed by atoms with Crippen LogP contribution in [0.2, 0.25) is 0 Å². The summed E-state index contributed by atoms with van der Waals surface area (Å²) in [5.74, 6) is -0.173. The van der Waals surface area contributed by atoms with Crippen molar-refractivity contribution in [2.24, 2.45) is 5.73 Å². The molecule has 0 spiro atoms. The summed E-state index contributed by atoms with van der Waals surface area (Å²) in [6, 6.07) is 7.21. The van der Waals surface area contributed by atoms with Crippen LogP contribution in [0.5, 0.6) is 5.75 Å². The predicted octanol–water partition coefficient (Wildman–Crippen LogP) is -0.161. The number of hydrogen-bond donors (Lipinski definition) is 2. The molecule has 0 heterocycles. The Hall–Kier alpha value is -2.04. The normalized spacial score (nSPS) is 9.56. The number of primary amides is 1. The molecule has 1 rings (SSSR count). The Kier molecular flexibility index (Phi) is 4.32. The number of nitrogens with two attached hydrogens (primary N) is 1. The minimum atomic E-state index is -0.562. The Morgan fingerprint density at radius 2 is 2.06 bits per heavy atom. The van der Waals surface area contributed by atoms with Gasteiger partial charge in [0.15, 0.2) is 0 Å². The van der Waals surface area contributed by atoms with Gasteiger partial charge in [-0.25, -0.2) is 0 Å². The van der Waals surface area contributed by atoms with Gasteiger partial charge in [-0.1, -0.05) is 18.2 Å². The molecule has 5 nitrogen and oxygen atoms in total. The fraction of sp³-hybridized carbons (Fsp3) is 0.273. The van der Waals surface area contributed by atoms with Gasteiger partial charge in [0.25, 0.3) is 0 Å². The van der Waals surface area contributed by atoms with E-state index in [1.54, 1.807) is 19.2 Å². The van der Waals surface area contributed by atoms with E-state index in [0.29, 0.717) is 5.75 Å². The van der Waals surface area contributed by atoms with Crippen LogP contribution in [-0.4, -0.2) is 25.5 Å². The van der Waals surface area contributed by atoms with E-state index < -0.39 is 5.91 Å². The number of methoxy groups -OCH3 is 1. The summed E-state index contributed by atoms with van der Waals surface area (Å²) in [5, 5.41) is 2.41. The zero-order valence-corrected chi connectivity index (χ0v) is 9.03. The van der Waals surface area contributed by atoms with Crippen LogP contribution in [0.15, 0.2) is 24.3 Å². The third kappa shape index (κ3) is 3.61. The Morgan fingerprint density at radius 1 is 1.38 bits per heavy atom. The van der Waals surface area contributed by atoms with Crippen LogP contribution in [0.1, 0.15) is 5.56 Å². The summed E-state index contributed by atoms with van der Waals surface area (Å²) < 4.78 is 5.10. The molecule has 2 amide bonds. The van der Waals surface area contributed by atoms with Gasteiger partial charge >= 0.3 is 0 Å². The maximum absolute atomic E-state index is 11.4. The standard InChI is InChI=1S/C11H14N2O3/c1-16-9-5-3-2-4-8(9)6-11(15)13-7-10(12)14/h2-5H,6-7H2,1H3,(H2,12,14)(H,13,15). The van der Waals surface area contributed by atoms with E-state index in [-0.39, 0.29) is 18.9 Å². The molecule has 0 atom stereocenters. The predicted molar refractivity (Wildman–Crippen MR) is 58.9 cm³/mol. The molecule has 0 aliphatic heterocycles. The highest BCUT2D eigenvalue weighted by Gasteiger charge is 2.08. The van der Waals surface area contributed by atoms with Crippen LogP contribution in [0.4, 0.5) is 0 Å². The number of ether oxygens (including phenoxy) is 1. The van der Waals surface area contributed by atoms with E-state index in [4.69, 9.17) is 10.5 Å². The lowest BCUT2D eigenvalue weighted by Gasteiger charge is -2.07. The fourth-order valence-electron chi connectivity index (χ4n) is 1.27. The Labute approximate surface area is 93.6 Å². The Morgan fingerprint density at radius 3 is 2.69 bits per heavy atom. The highest BCUT2D eigenvalue weighted by molar-refractivity contribution is 5.85. The molecule has 5 heteroatoms. The number of carbonyl (C=O) groups is 2. The van der Waals surface area contributed by atoms with Crippen LogP contribution in [-0.2, 0) is 16.0 Å². The third-order valence-corrected chi connectivity index (χ3v) is 2.00. The lowest BCUT2D eigenvalue weighted by molar-refractivity contribution is -0.124. The highest BCUT2D eigenvalue weighted by atomic mass is 16.5. The summed E-state index contributed by atoms with van der Waals surface area (Å²) in [6.45, 7) is -0.145. The molecule has 1 aromatic carbocycles. The van der Waals surface area contributed by atoms with Gasteiger partial charge in [0.05, 0.1) is 20.1 Å². The molecule has 16 heavy (non-hydrogen) atoms. The first kappa shape index (κ1) is 12.0. The van der Waals surface area contributed by atoms with E-state index >= 15 is 0 Å². The monoisotopic (exact) mass is 222 g/mol. The van der Waals surface area contributed by atoms with Crippen molar-refractivity contribution >= 4 is 11.8 Å². The average molecular weight is 222 g/mol. The number of benzene rings is 1. The van der Waals surface area contributed by atoms with Gasteiger partial charge in [0.2, 0.25) is 11.8 Å². The second-order valence-electron chi connectivity index (χ2n) is 3.23. The topological polar surface area (TPSA) is 81.4 Å². The highest BCUT2D eigenvalue weighted by Crippen LogP contribution is 2.17. The van der Waals surface area contributed by atoms with Crippen molar-refractivity contribution in [2.75, 3.05) is 13.7 Å². The minimum Gasteiger partial charge on any atom is -0.496 e. The molecule has 0 saturated heterocycles. The van der Waals surface area contributed by atoms with E-state index in [2.05, 4.69) is 5.32 Å². The van der Waals surface area contributed by atoms with E-state index in [1.807, 2.05) is 12.1 Å². The van der Waals surface area contributed by atoms with Crippen molar-refractivity contribution in [1.82, 2.24) is 5.32 Å². The minimum absolute atomic E-state index is 0.145. The van der Waals surface area contributed by atoms with E-state index in [0.717, 1.165) is 5.56 Å². The first-order chi connectivity index (χ1) is 7.63. The SMILES string of the molecule is COc1ccccc1CC(=O)NCC(N)=O. The maximum Gasteiger partial charge on any atom is 0.236 e. The molecule has 0 radical (unpaired) electrons. The van der Waals surface area contributed by atoms with Crippen molar-refractivity contribution < 1.29 is 14.3 Å². The summed E-state index contributed by atoms with van der Waals surface area (Å²) in [4.78, 5) is 21.9. The van der Waals surface area contributed by atoms with Crippen LogP contribution >= 0.6 is 0 Å². The van der Waals surface area contributed by atoms with Crippen molar-refractivity contribution in [3.8, 4) is 5.75 Å². The molecule has 1 aromatic rings. The second kappa shape index (κ2) is 5.75. The summed E-state index contributed by atoms with van der Waals surface area (Å²) in [7, 11) is 1.54. The number of hydrogen-bond acceptors (Lipinski definition) is 3. The zero-order chi connectivity index (χ0) is 12.0. The summed E-state index contributed by atoms with van der Waals surface area (Å²) >= 11 is 0. The van der Waals surface area contributed by atoms with E-state index in [1.165, 1.54) is 0 Å². The number of amides is 2. The Balaban J connectivity index is 2.58. The van der Waals surface area contributed by atoms with Crippen LogP contribution in [0, 0.1) is 0 Å². The molecule has 0 aromatic heterocycles. The molecule has 0 bridgehead atoms. The zero-order valence-electron chi connectivity index (χ0n) is 9.03. The molecule has 86 valence electrons. The summed E-state index contributed by atoms with van der Waals surface area (Å²) in [5.41, 5.74) is 5.68. The van der Waals surface area contributed by atoms with Gasteiger partial charge in [-0.05, 0) is 6.07 Å². The number of carbonyl (C=O) groups excluding carboxylic acids is 2. The van der Waals surface area contributed by atoms with Crippen molar-refractivity contribution in [2.45, 2.75) is 6.42 Å². The number of rotatable bonds is 5. The van der Waals surface area contributed by atoms with Crippen molar-refractivity contribution in [3.05, 3.63) is 29.8 Å². The molecule has 0 fully saturated rings. The quantitative estimate of drug-likeness (QED) is 0.726. The van der Waals surface area contributed by atoms with Gasteiger partial charge in [0.1, 0.15) is 5.75 Å². The fourth-order valence-corrected chi connectivity index (χ4v) is 1.27. The molecule has 0 aliphatic carbocycles. The average Bonchev–Trinajstić information content (AvgIpc) is 2.27. The Bertz CT molecular complexity index is 391. The van der Waals surface area contributed by atoms with Crippen LogP contribution in [0.25, 0.3) is 0 Å². The lowest BCUT2D eigenvalue weighted by Crippen LogP contribution is -2.34. The summed E-state index contributed by atoms with van der Waals surface area (Å²) in [6.07, 6.45) is 0.164. The lowest BCUT2D eigenvalue weighted by atomic mass is 10.1. The smallest absolute Gasteiger partial charge is 0.236 e. The van der Waals surface area contributed by atoms with Crippen LogP contribution in [0.3, 0.4) is 0 Å². The van der Waals surface area contributed by atoms with Gasteiger partial charge in [-0.15, -0.1) is 0 Å². The molecule has 0 saturated carbocycles. The van der Waals surface area contributed by atoms with Gasteiger partial charge in [-0.2, -0.15) is 0 Å². The molecular formula is C11H14N2O3. The molecule has 0 aliphatic rings. The van der Waals surface area contributed by atoms with E-state index in [9.17, 15) is 9.59 Å². The van der Waals surface area contributed by atoms with Gasteiger partial charge in [-0.3, -0.25) is 9.59 Å².